The van der Waals surface area contributed by atoms with Gasteiger partial charge in [0.15, 0.2) is 5.75 Å². The molecule has 1 fully saturated rings. The Morgan fingerprint density at radius 2 is 2.14 bits per heavy atom. The molecule has 0 atom stereocenters. The molecule has 116 valence electrons. The van der Waals surface area contributed by atoms with Gasteiger partial charge < -0.3 is 9.64 Å². The second-order valence-corrected chi connectivity index (χ2v) is 6.21. The van der Waals surface area contributed by atoms with Gasteiger partial charge in [-0.05, 0) is 54.8 Å². The highest BCUT2D eigenvalue weighted by Crippen LogP contribution is 2.39. The van der Waals surface area contributed by atoms with Gasteiger partial charge in [0.1, 0.15) is 0 Å². The van der Waals surface area contributed by atoms with Crippen molar-refractivity contribution in [3.8, 4) is 5.75 Å². The summed E-state index contributed by atoms with van der Waals surface area (Å²) in [5.74, 6) is 0.331. The number of nitro groups is 1. The number of allylic oxidation sites excluding steroid dienone is 2. The fourth-order valence-electron chi connectivity index (χ4n) is 2.45. The molecule has 0 amide bonds. The van der Waals surface area contributed by atoms with Crippen molar-refractivity contribution in [3.05, 3.63) is 50.7 Å². The van der Waals surface area contributed by atoms with Crippen LogP contribution in [0.1, 0.15) is 24.0 Å². The summed E-state index contributed by atoms with van der Waals surface area (Å²) in [4.78, 5) is 12.8. The molecule has 0 unspecified atom stereocenters. The van der Waals surface area contributed by atoms with E-state index in [4.69, 9.17) is 16.3 Å². The van der Waals surface area contributed by atoms with Gasteiger partial charge in [0, 0.05) is 18.1 Å². The lowest BCUT2D eigenvalue weighted by Gasteiger charge is -2.21. The largest absolute Gasteiger partial charge is 0.483 e. The average Bonchev–Trinajstić information content (AvgIpc) is 3.25. The van der Waals surface area contributed by atoms with E-state index in [-0.39, 0.29) is 11.8 Å². The van der Waals surface area contributed by atoms with E-state index in [1.165, 1.54) is 0 Å². The summed E-state index contributed by atoms with van der Waals surface area (Å²) in [5, 5.41) is 12.0. The SMILES string of the molecule is Cc1cc([N+](=O)[O-])c(OC2CC2)cc1C1=C(Cl)CN(C)C=C1. The molecule has 22 heavy (non-hydrogen) atoms. The molecular weight excluding hydrogens is 304 g/mol. The van der Waals surface area contributed by atoms with Crippen LogP contribution >= 0.6 is 11.6 Å². The van der Waals surface area contributed by atoms with Gasteiger partial charge in [-0.1, -0.05) is 11.6 Å². The molecule has 1 aliphatic heterocycles. The minimum absolute atomic E-state index is 0.0155. The van der Waals surface area contributed by atoms with Crippen LogP contribution in [0.2, 0.25) is 0 Å². The fourth-order valence-corrected chi connectivity index (χ4v) is 2.80. The zero-order chi connectivity index (χ0) is 15.9. The van der Waals surface area contributed by atoms with Crippen LogP contribution in [0.3, 0.4) is 0 Å². The van der Waals surface area contributed by atoms with Crippen LogP contribution in [-0.4, -0.2) is 29.5 Å². The molecule has 0 radical (unpaired) electrons. The Kier molecular flexibility index (Phi) is 3.83. The number of halogens is 1. The molecule has 6 heteroatoms. The molecule has 5 nitrogen and oxygen atoms in total. The smallest absolute Gasteiger partial charge is 0.311 e. The zero-order valence-corrected chi connectivity index (χ0v) is 13.3. The van der Waals surface area contributed by atoms with Gasteiger partial charge in [-0.2, -0.15) is 0 Å². The molecule has 1 aliphatic carbocycles. The van der Waals surface area contributed by atoms with E-state index in [1.54, 1.807) is 12.1 Å². The van der Waals surface area contributed by atoms with Crippen molar-refractivity contribution in [2.45, 2.75) is 25.9 Å². The topological polar surface area (TPSA) is 55.6 Å². The van der Waals surface area contributed by atoms with E-state index in [1.807, 2.05) is 31.1 Å². The molecule has 2 aliphatic rings. The number of ether oxygens (including phenoxy) is 1. The van der Waals surface area contributed by atoms with Gasteiger partial charge in [0.25, 0.3) is 0 Å². The third kappa shape index (κ3) is 2.95. The summed E-state index contributed by atoms with van der Waals surface area (Å²) in [6.45, 7) is 2.48. The Morgan fingerprint density at radius 1 is 1.41 bits per heavy atom. The van der Waals surface area contributed by atoms with Gasteiger partial charge in [-0.15, -0.1) is 0 Å². The maximum absolute atomic E-state index is 11.2. The van der Waals surface area contributed by atoms with Gasteiger partial charge in [-0.25, -0.2) is 0 Å². The highest BCUT2D eigenvalue weighted by molar-refractivity contribution is 6.33. The predicted molar refractivity (Wildman–Crippen MR) is 86.0 cm³/mol. The predicted octanol–water partition coefficient (Wildman–Crippen LogP) is 3.85. The molecule has 3 rings (SSSR count). The monoisotopic (exact) mass is 320 g/mol. The molecule has 0 spiro atoms. The van der Waals surface area contributed by atoms with Crippen LogP contribution in [0.15, 0.2) is 29.4 Å². The number of likely N-dealkylation sites (N-methyl/N-ethyl adjacent to an activating group) is 1. The number of nitro benzene ring substituents is 1. The van der Waals surface area contributed by atoms with Crippen molar-refractivity contribution in [1.29, 1.82) is 0 Å². The first kappa shape index (κ1) is 14.9. The fraction of sp³-hybridized carbons (Fsp3) is 0.375. The summed E-state index contributed by atoms with van der Waals surface area (Å²) in [6, 6.07) is 3.32. The quantitative estimate of drug-likeness (QED) is 0.624. The van der Waals surface area contributed by atoms with E-state index in [0.29, 0.717) is 12.3 Å². The van der Waals surface area contributed by atoms with E-state index in [2.05, 4.69) is 0 Å². The van der Waals surface area contributed by atoms with Crippen molar-refractivity contribution in [1.82, 2.24) is 4.90 Å². The van der Waals surface area contributed by atoms with E-state index < -0.39 is 4.92 Å². The van der Waals surface area contributed by atoms with Crippen molar-refractivity contribution in [3.63, 3.8) is 0 Å². The van der Waals surface area contributed by atoms with Gasteiger partial charge in [0.2, 0.25) is 0 Å². The van der Waals surface area contributed by atoms with Crippen LogP contribution in [0.25, 0.3) is 5.57 Å². The Morgan fingerprint density at radius 3 is 2.73 bits per heavy atom. The molecule has 1 aromatic carbocycles. The molecule has 0 saturated heterocycles. The molecule has 0 aromatic heterocycles. The number of aryl methyl sites for hydroxylation is 1. The summed E-state index contributed by atoms with van der Waals surface area (Å²) in [5.41, 5.74) is 2.61. The van der Waals surface area contributed by atoms with E-state index >= 15 is 0 Å². The first-order chi connectivity index (χ1) is 10.5. The third-order valence-electron chi connectivity index (χ3n) is 3.79. The Hall–Kier alpha value is -2.01. The lowest BCUT2D eigenvalue weighted by Crippen LogP contribution is -2.16. The maximum atomic E-state index is 11.2. The van der Waals surface area contributed by atoms with Gasteiger partial charge in [-0.3, -0.25) is 10.1 Å². The first-order valence-electron chi connectivity index (χ1n) is 7.19. The third-order valence-corrected chi connectivity index (χ3v) is 4.11. The van der Waals surface area contributed by atoms with Crippen LogP contribution in [0.4, 0.5) is 5.69 Å². The van der Waals surface area contributed by atoms with E-state index in [9.17, 15) is 10.1 Å². The zero-order valence-electron chi connectivity index (χ0n) is 12.5. The first-order valence-corrected chi connectivity index (χ1v) is 7.56. The standard InChI is InChI=1S/C16H17ClN2O3/c1-10-7-15(19(20)21)16(22-11-3-4-11)8-13(10)12-5-6-18(2)9-14(12)17/h5-8,11H,3-4,9H2,1-2H3. The Labute approximate surface area is 134 Å². The summed E-state index contributed by atoms with van der Waals surface area (Å²) >= 11 is 6.37. The highest BCUT2D eigenvalue weighted by Gasteiger charge is 2.28. The minimum atomic E-state index is -0.394. The average molecular weight is 321 g/mol. The maximum Gasteiger partial charge on any atom is 0.311 e. The van der Waals surface area contributed by atoms with E-state index in [0.717, 1.165) is 34.6 Å². The molecule has 1 saturated carbocycles. The number of hydrogen-bond donors (Lipinski definition) is 0. The molecule has 1 aromatic rings. The summed E-state index contributed by atoms with van der Waals surface area (Å²) in [7, 11) is 1.94. The van der Waals surface area contributed by atoms with Crippen LogP contribution in [0, 0.1) is 17.0 Å². The Bertz CT molecular complexity index is 693. The molecular formula is C16H17ClN2O3. The lowest BCUT2D eigenvalue weighted by molar-refractivity contribution is -0.386. The van der Waals surface area contributed by atoms with Crippen molar-refractivity contribution >= 4 is 22.9 Å². The second-order valence-electron chi connectivity index (χ2n) is 5.76. The normalized spacial score (nSPS) is 17.9. The minimum Gasteiger partial charge on any atom is -0.483 e. The van der Waals surface area contributed by atoms with Crippen LogP contribution < -0.4 is 4.74 Å². The number of hydrogen-bond acceptors (Lipinski definition) is 4. The Balaban J connectivity index is 2.06. The number of nitrogens with zero attached hydrogens (tertiary/aromatic N) is 2. The van der Waals surface area contributed by atoms with Crippen molar-refractivity contribution in [2.75, 3.05) is 13.6 Å². The van der Waals surface area contributed by atoms with Crippen LogP contribution in [-0.2, 0) is 0 Å². The van der Waals surface area contributed by atoms with Gasteiger partial charge >= 0.3 is 5.69 Å². The molecule has 1 heterocycles. The molecule has 0 bridgehead atoms. The summed E-state index contributed by atoms with van der Waals surface area (Å²) < 4.78 is 5.72. The van der Waals surface area contributed by atoms with Crippen LogP contribution in [0.5, 0.6) is 5.75 Å². The van der Waals surface area contributed by atoms with Gasteiger partial charge in [0.05, 0.1) is 17.6 Å². The van der Waals surface area contributed by atoms with Crippen molar-refractivity contribution in [2.24, 2.45) is 0 Å². The molecule has 0 N–H and O–H groups in total. The summed E-state index contributed by atoms with van der Waals surface area (Å²) in [6.07, 6.45) is 5.89. The van der Waals surface area contributed by atoms with Crippen molar-refractivity contribution < 1.29 is 9.66 Å². The number of rotatable bonds is 4. The highest BCUT2D eigenvalue weighted by atomic mass is 35.5. The number of benzene rings is 1. The second kappa shape index (κ2) is 5.65. The lowest BCUT2D eigenvalue weighted by atomic mass is 9.97.